The molecule has 0 aliphatic rings. The first-order chi connectivity index (χ1) is 8.58. The highest BCUT2D eigenvalue weighted by Gasteiger charge is 2.16. The number of nitrogens with zero attached hydrogens (tertiary/aromatic N) is 1. The maximum absolute atomic E-state index is 13.1. The summed E-state index contributed by atoms with van der Waals surface area (Å²) in [6.45, 7) is 0.415. The quantitative estimate of drug-likeness (QED) is 0.870. The molecule has 0 saturated heterocycles. The molecule has 5 heteroatoms. The molecule has 2 rings (SSSR count). The molecule has 0 unspecified atom stereocenters. The van der Waals surface area contributed by atoms with Crippen molar-refractivity contribution in [2.75, 3.05) is 7.05 Å². The largest absolute Gasteiger partial charge is 0.472 e. The summed E-state index contributed by atoms with van der Waals surface area (Å²) in [5.41, 5.74) is 1.19. The average Bonchev–Trinajstić information content (AvgIpc) is 2.84. The fraction of sp³-hybridized carbons (Fsp3) is 0.154. The van der Waals surface area contributed by atoms with Gasteiger partial charge in [-0.3, -0.25) is 4.79 Å². The van der Waals surface area contributed by atoms with Crippen molar-refractivity contribution < 1.29 is 13.6 Å². The fourth-order valence-electron chi connectivity index (χ4n) is 1.60. The Balaban J connectivity index is 2.17. The molecule has 1 heterocycles. The monoisotopic (exact) mass is 311 g/mol. The lowest BCUT2D eigenvalue weighted by Crippen LogP contribution is -2.26. The van der Waals surface area contributed by atoms with Gasteiger partial charge < -0.3 is 9.32 Å². The van der Waals surface area contributed by atoms with Crippen molar-refractivity contribution >= 4 is 21.8 Å². The van der Waals surface area contributed by atoms with Gasteiger partial charge in [-0.15, -0.1) is 0 Å². The Morgan fingerprint density at radius 2 is 2.22 bits per heavy atom. The third kappa shape index (κ3) is 2.79. The van der Waals surface area contributed by atoms with E-state index in [2.05, 4.69) is 15.9 Å². The molecule has 3 nitrogen and oxygen atoms in total. The fourth-order valence-corrected chi connectivity index (χ4v) is 2.01. The van der Waals surface area contributed by atoms with Gasteiger partial charge in [0.2, 0.25) is 0 Å². The van der Waals surface area contributed by atoms with Gasteiger partial charge >= 0.3 is 0 Å². The molecular formula is C13H11BrFNO2. The van der Waals surface area contributed by atoms with Gasteiger partial charge in [-0.25, -0.2) is 4.39 Å². The second-order valence-electron chi connectivity index (χ2n) is 3.92. The van der Waals surface area contributed by atoms with Crippen molar-refractivity contribution in [2.24, 2.45) is 0 Å². The first kappa shape index (κ1) is 12.8. The second-order valence-corrected chi connectivity index (χ2v) is 4.77. The lowest BCUT2D eigenvalue weighted by Gasteiger charge is -2.17. The van der Waals surface area contributed by atoms with Crippen LogP contribution in [-0.2, 0) is 6.54 Å². The number of carbonyl (C=O) groups excluding carboxylic acids is 1. The molecule has 1 aromatic carbocycles. The first-order valence-electron chi connectivity index (χ1n) is 5.29. The predicted octanol–water partition coefficient (Wildman–Crippen LogP) is 3.45. The molecule has 0 N–H and O–H groups in total. The summed E-state index contributed by atoms with van der Waals surface area (Å²) in [7, 11) is 1.66. The number of hydrogen-bond acceptors (Lipinski definition) is 2. The molecule has 94 valence electrons. The van der Waals surface area contributed by atoms with E-state index in [1.54, 1.807) is 25.6 Å². The number of hydrogen-bond donors (Lipinski definition) is 0. The van der Waals surface area contributed by atoms with Gasteiger partial charge in [0.1, 0.15) is 5.82 Å². The van der Waals surface area contributed by atoms with Crippen molar-refractivity contribution in [2.45, 2.75) is 6.54 Å². The minimum absolute atomic E-state index is 0.248. The number of halogens is 2. The molecule has 1 aromatic heterocycles. The van der Waals surface area contributed by atoms with Crippen LogP contribution in [0.4, 0.5) is 4.39 Å². The van der Waals surface area contributed by atoms with Crippen molar-refractivity contribution in [1.29, 1.82) is 0 Å². The molecule has 2 aromatic rings. The van der Waals surface area contributed by atoms with E-state index in [4.69, 9.17) is 4.42 Å². The Bertz CT molecular complexity index is 554. The zero-order valence-electron chi connectivity index (χ0n) is 9.69. The molecule has 0 fully saturated rings. The van der Waals surface area contributed by atoms with Crippen LogP contribution >= 0.6 is 15.9 Å². The van der Waals surface area contributed by atoms with Crippen LogP contribution in [0.2, 0.25) is 0 Å². The molecule has 18 heavy (non-hydrogen) atoms. The van der Waals surface area contributed by atoms with Gasteiger partial charge in [0.05, 0.1) is 18.1 Å². The second kappa shape index (κ2) is 5.35. The summed E-state index contributed by atoms with van der Waals surface area (Å²) in [6.07, 6.45) is 3.12. The summed E-state index contributed by atoms with van der Waals surface area (Å²) in [5.74, 6) is -0.680. The van der Waals surface area contributed by atoms with Crippen LogP contribution in [0.1, 0.15) is 15.9 Å². The number of furan rings is 1. The van der Waals surface area contributed by atoms with Crippen molar-refractivity contribution in [3.63, 3.8) is 0 Å². The SMILES string of the molecule is CN(Cc1ccoc1)C(=O)c1cc(F)ccc1Br. The van der Waals surface area contributed by atoms with Crippen molar-refractivity contribution in [1.82, 2.24) is 4.90 Å². The molecule has 0 bridgehead atoms. The summed E-state index contributed by atoms with van der Waals surface area (Å²) >= 11 is 3.24. The Morgan fingerprint density at radius 1 is 1.44 bits per heavy atom. The Labute approximate surface area is 112 Å². The number of benzene rings is 1. The first-order valence-corrected chi connectivity index (χ1v) is 6.09. The summed E-state index contributed by atoms with van der Waals surface area (Å²) < 4.78 is 18.7. The van der Waals surface area contributed by atoms with Gasteiger partial charge in [0.15, 0.2) is 0 Å². The van der Waals surface area contributed by atoms with E-state index >= 15 is 0 Å². The van der Waals surface area contributed by atoms with E-state index in [-0.39, 0.29) is 5.91 Å². The van der Waals surface area contributed by atoms with Crippen LogP contribution in [0.25, 0.3) is 0 Å². The molecule has 1 amide bonds. The molecular weight excluding hydrogens is 301 g/mol. The topological polar surface area (TPSA) is 33.5 Å². The van der Waals surface area contributed by atoms with Crippen LogP contribution in [0.5, 0.6) is 0 Å². The summed E-state index contributed by atoms with van der Waals surface area (Å²) in [6, 6.07) is 5.83. The number of carbonyl (C=O) groups is 1. The smallest absolute Gasteiger partial charge is 0.255 e. The molecule has 0 saturated carbocycles. The van der Waals surface area contributed by atoms with E-state index in [9.17, 15) is 9.18 Å². The minimum atomic E-state index is -0.432. The normalized spacial score (nSPS) is 10.4. The number of amides is 1. The van der Waals surface area contributed by atoms with Crippen LogP contribution < -0.4 is 0 Å². The third-order valence-corrected chi connectivity index (χ3v) is 3.20. The molecule has 0 atom stereocenters. The van der Waals surface area contributed by atoms with Gasteiger partial charge in [0, 0.05) is 23.6 Å². The highest BCUT2D eigenvalue weighted by Crippen LogP contribution is 2.20. The van der Waals surface area contributed by atoms with Gasteiger partial charge in [-0.2, -0.15) is 0 Å². The lowest BCUT2D eigenvalue weighted by molar-refractivity contribution is 0.0783. The maximum atomic E-state index is 13.1. The van der Waals surface area contributed by atoms with E-state index < -0.39 is 5.82 Å². The highest BCUT2D eigenvalue weighted by atomic mass is 79.9. The standard InChI is InChI=1S/C13H11BrFNO2/c1-16(7-9-4-5-18-8-9)13(17)11-6-10(15)2-3-12(11)14/h2-6,8H,7H2,1H3. The average molecular weight is 312 g/mol. The molecule has 0 aliphatic carbocycles. The lowest BCUT2D eigenvalue weighted by atomic mass is 10.2. The predicted molar refractivity (Wildman–Crippen MR) is 68.6 cm³/mol. The van der Waals surface area contributed by atoms with E-state index in [1.165, 1.54) is 23.1 Å². The molecule has 0 radical (unpaired) electrons. The number of rotatable bonds is 3. The van der Waals surface area contributed by atoms with E-state index in [1.807, 2.05) is 0 Å². The van der Waals surface area contributed by atoms with Crippen molar-refractivity contribution in [3.8, 4) is 0 Å². The summed E-state index contributed by atoms with van der Waals surface area (Å²) in [4.78, 5) is 13.6. The van der Waals surface area contributed by atoms with Crippen LogP contribution in [0.15, 0.2) is 45.7 Å². The molecule has 0 spiro atoms. The van der Waals surface area contributed by atoms with Gasteiger partial charge in [0.25, 0.3) is 5.91 Å². The van der Waals surface area contributed by atoms with Crippen LogP contribution in [0, 0.1) is 5.82 Å². The minimum Gasteiger partial charge on any atom is -0.472 e. The highest BCUT2D eigenvalue weighted by molar-refractivity contribution is 9.10. The van der Waals surface area contributed by atoms with Crippen LogP contribution in [-0.4, -0.2) is 17.9 Å². The van der Waals surface area contributed by atoms with E-state index in [0.29, 0.717) is 16.6 Å². The maximum Gasteiger partial charge on any atom is 0.255 e. The Kier molecular flexibility index (Phi) is 3.81. The third-order valence-electron chi connectivity index (χ3n) is 2.51. The van der Waals surface area contributed by atoms with Crippen molar-refractivity contribution in [3.05, 3.63) is 58.2 Å². The molecule has 0 aliphatic heterocycles. The van der Waals surface area contributed by atoms with E-state index in [0.717, 1.165) is 5.56 Å². The Morgan fingerprint density at radius 3 is 2.89 bits per heavy atom. The van der Waals surface area contributed by atoms with Gasteiger partial charge in [-0.1, -0.05) is 0 Å². The Hall–Kier alpha value is -1.62. The zero-order chi connectivity index (χ0) is 13.1. The zero-order valence-corrected chi connectivity index (χ0v) is 11.3. The van der Waals surface area contributed by atoms with Gasteiger partial charge in [-0.05, 0) is 40.2 Å². The van der Waals surface area contributed by atoms with Crippen LogP contribution in [0.3, 0.4) is 0 Å². The summed E-state index contributed by atoms with van der Waals surface area (Å²) in [5, 5.41) is 0.